The van der Waals surface area contributed by atoms with Crippen LogP contribution in [0.4, 0.5) is 16.9 Å². The van der Waals surface area contributed by atoms with E-state index >= 15 is 0 Å². The summed E-state index contributed by atoms with van der Waals surface area (Å²) in [6.45, 7) is 0. The summed E-state index contributed by atoms with van der Waals surface area (Å²) in [7, 11) is 0. The second-order valence-electron chi connectivity index (χ2n) is 0.958. The van der Waals surface area contributed by atoms with E-state index < -0.39 is 19.5 Å². The molecule has 0 aromatic rings. The van der Waals surface area contributed by atoms with Gasteiger partial charge in [0.15, 0.2) is 0 Å². The van der Waals surface area contributed by atoms with E-state index in [1.807, 2.05) is 0 Å². The summed E-state index contributed by atoms with van der Waals surface area (Å²) in [5.74, 6) is 0. The van der Waals surface area contributed by atoms with E-state index in [1.54, 1.807) is 0 Å². The first kappa shape index (κ1) is 11.8. The van der Waals surface area contributed by atoms with Crippen molar-refractivity contribution in [1.82, 2.24) is 0 Å². The van der Waals surface area contributed by atoms with E-state index in [4.69, 9.17) is 0 Å². The van der Waals surface area contributed by atoms with Crippen LogP contribution in [0.25, 0.3) is 0 Å². The molecule has 0 bridgehead atoms. The molecule has 0 fully saturated rings. The molecule has 0 aromatic carbocycles. The fourth-order valence-electron chi connectivity index (χ4n) is 0. The molecule has 0 N–H and O–H groups in total. The van der Waals surface area contributed by atoms with E-state index in [9.17, 15) is 16.9 Å². The summed E-state index contributed by atoms with van der Waals surface area (Å²) in [6.07, 6.45) is 0. The van der Waals surface area contributed by atoms with Crippen LogP contribution in [0.15, 0.2) is 0 Å². The minimum atomic E-state index is -11.2. The first-order chi connectivity index (χ1) is 2.45. The van der Waals surface area contributed by atoms with Crippen molar-refractivity contribution in [1.29, 1.82) is 0 Å². The summed E-state index contributed by atoms with van der Waals surface area (Å²) >= 11 is -11.2. The Bertz CT molecular complexity index is 71.6. The predicted octanol–water partition coefficient (Wildman–Crippen LogP) is 2.25. The third-order valence-electron chi connectivity index (χ3n) is 0. The summed E-state index contributed by atoms with van der Waals surface area (Å²) in [4.78, 5) is 0. The zero-order chi connectivity index (χ0) is 6.41. The van der Waals surface area contributed by atoms with Gasteiger partial charge in [-0.2, -0.15) is 0 Å². The molecule has 56 valence electrons. The maximum absolute atomic E-state index is 11.2. The fourth-order valence-corrected chi connectivity index (χ4v) is 0. The summed E-state index contributed by atoms with van der Waals surface area (Å²) in [6, 6.07) is 0. The minimum Gasteiger partial charge on any atom is 0 e. The van der Waals surface area contributed by atoms with Crippen molar-refractivity contribution >= 4 is 19.5 Å². The second kappa shape index (κ2) is 1.54. The van der Waals surface area contributed by atoms with Gasteiger partial charge in [0.1, 0.15) is 0 Å². The average Bonchev–Trinajstić information content (AvgIpc) is 0.592. The topological polar surface area (TPSA) is 0 Å². The molecular weight excluding hydrogens is 337 g/mol. The van der Waals surface area contributed by atoms with E-state index in [0.717, 1.165) is 0 Å². The quantitative estimate of drug-likeness (QED) is 0.470. The van der Waals surface area contributed by atoms with Gasteiger partial charge >= 0.3 is 37.8 Å². The third kappa shape index (κ3) is 244. The second-order valence-corrected chi connectivity index (χ2v) is 6.43. The van der Waals surface area contributed by atoms with Crippen LogP contribution in [0, 0.1) is 0 Å². The first-order valence-corrected chi connectivity index (χ1v) is 6.80. The molecule has 0 unspecified atom stereocenters. The maximum atomic E-state index is 9.93. The van der Waals surface area contributed by atoms with Crippen molar-refractivity contribution in [2.24, 2.45) is 0 Å². The van der Waals surface area contributed by atoms with Crippen LogP contribution < -0.4 is 0 Å². The molecule has 0 nitrogen and oxygen atoms in total. The molecule has 0 amide bonds. The van der Waals surface area contributed by atoms with Crippen LogP contribution in [0.3, 0.4) is 0 Å². The molecule has 0 radical (unpaired) electrons. The van der Waals surface area contributed by atoms with Crippen LogP contribution in [0.1, 0.15) is 1.43 Å². The molecule has 8 heteroatoms. The standard InChI is InChI=1S/6FH.Ru.Sb/h6*1H;;/q;;;;;;;+5/p-5. The molecule has 8 heavy (non-hydrogen) atoms. The van der Waals surface area contributed by atoms with Crippen molar-refractivity contribution in [3.05, 3.63) is 0 Å². The number of hydrogen-bond donors (Lipinski definition) is 0. The van der Waals surface area contributed by atoms with Gasteiger partial charge in [0, 0.05) is 19.5 Å². The molecule has 0 aliphatic carbocycles. The van der Waals surface area contributed by atoms with Gasteiger partial charge in [-0.3, -0.25) is 0 Å². The first-order valence-electron chi connectivity index (χ1n) is 1.01. The molecule has 0 atom stereocenters. The molecule has 0 aliphatic rings. The monoisotopic (exact) mass is 338 g/mol. The largest absolute Gasteiger partial charge is 1.00 e. The molecule has 0 heterocycles. The zero-order valence-corrected chi connectivity index (χ0v) is 7.36. The SMILES string of the molecule is [F][Sb-]([F])([F])([F])([F])[F].[H+].[Ru]. The molecule has 0 rings (SSSR count). The Labute approximate surface area is 57.4 Å². The molecule has 0 saturated heterocycles. The van der Waals surface area contributed by atoms with Gasteiger partial charge in [0.05, 0.1) is 0 Å². The van der Waals surface area contributed by atoms with Crippen LogP contribution in [0.5, 0.6) is 0 Å². The van der Waals surface area contributed by atoms with Gasteiger partial charge in [-0.25, -0.2) is 0 Å². The van der Waals surface area contributed by atoms with E-state index in [1.165, 1.54) is 0 Å². The predicted molar refractivity (Wildman–Crippen MR) is 13.5 cm³/mol. The molecule has 0 saturated carbocycles. The van der Waals surface area contributed by atoms with Crippen molar-refractivity contribution in [2.45, 2.75) is 0 Å². The summed E-state index contributed by atoms with van der Waals surface area (Å²) in [5.41, 5.74) is 0. The van der Waals surface area contributed by atoms with E-state index in [2.05, 4.69) is 0 Å². The fraction of sp³-hybridized carbons (Fsp3) is 0. The van der Waals surface area contributed by atoms with E-state index in [-0.39, 0.29) is 20.9 Å². The van der Waals surface area contributed by atoms with Gasteiger partial charge in [-0.15, -0.1) is 0 Å². The van der Waals surface area contributed by atoms with Crippen molar-refractivity contribution in [3.8, 4) is 0 Å². The van der Waals surface area contributed by atoms with Gasteiger partial charge in [0.2, 0.25) is 0 Å². The normalized spacial score (nSPS) is 20.2. The Morgan fingerprint density at radius 3 is 0.750 bits per heavy atom. The maximum Gasteiger partial charge on any atom is 1.00 e. The van der Waals surface area contributed by atoms with Gasteiger partial charge in [-0.1, -0.05) is 0 Å². The van der Waals surface area contributed by atoms with Crippen LogP contribution in [0.2, 0.25) is 0 Å². The molecule has 0 spiro atoms. The average molecular weight is 338 g/mol. The Kier molecular flexibility index (Phi) is 2.27. The van der Waals surface area contributed by atoms with E-state index in [0.29, 0.717) is 0 Å². The Morgan fingerprint density at radius 2 is 0.750 bits per heavy atom. The van der Waals surface area contributed by atoms with Crippen molar-refractivity contribution < 1.29 is 37.8 Å². The van der Waals surface area contributed by atoms with Crippen molar-refractivity contribution in [2.75, 3.05) is 0 Å². The third-order valence-corrected chi connectivity index (χ3v) is 0. The molecule has 0 aromatic heterocycles. The Hall–Kier alpha value is 1.02. The zero-order valence-electron chi connectivity index (χ0n) is 4.07. The van der Waals surface area contributed by atoms with Gasteiger partial charge in [-0.05, 0) is 0 Å². The Balaban J connectivity index is -0.000000180. The van der Waals surface area contributed by atoms with Crippen molar-refractivity contribution in [3.63, 3.8) is 0 Å². The van der Waals surface area contributed by atoms with Crippen LogP contribution in [-0.4, -0.2) is 19.5 Å². The number of halogens is 6. The number of rotatable bonds is 0. The molecular formula is HF6RuSb. The summed E-state index contributed by atoms with van der Waals surface area (Å²) in [5, 5.41) is 0. The smallest absolute Gasteiger partial charge is 0 e. The van der Waals surface area contributed by atoms with Crippen LogP contribution in [-0.2, 0) is 19.5 Å². The minimum absolute atomic E-state index is 0. The van der Waals surface area contributed by atoms with Crippen LogP contribution >= 0.6 is 0 Å². The molecule has 0 aliphatic heterocycles. The summed E-state index contributed by atoms with van der Waals surface area (Å²) < 4.78 is 59.6. The Morgan fingerprint density at radius 1 is 0.750 bits per heavy atom. The van der Waals surface area contributed by atoms with Gasteiger partial charge in [0.25, 0.3) is 0 Å². The van der Waals surface area contributed by atoms with Gasteiger partial charge < -0.3 is 0 Å². The number of hydrogen-bond acceptors (Lipinski definition) is 0.